The smallest absolute Gasteiger partial charge is 0.320 e. The molecule has 2 aliphatic heterocycles. The van der Waals surface area contributed by atoms with Crippen molar-refractivity contribution in [1.82, 2.24) is 14.9 Å². The van der Waals surface area contributed by atoms with Gasteiger partial charge in [-0.15, -0.1) is 0 Å². The van der Waals surface area contributed by atoms with Crippen LogP contribution < -0.4 is 20.7 Å². The summed E-state index contributed by atoms with van der Waals surface area (Å²) in [5.41, 5.74) is 9.16. The number of nitrogens with one attached hydrogen (secondary N) is 1. The molecule has 0 spiro atoms. The van der Waals surface area contributed by atoms with Crippen molar-refractivity contribution in [3.63, 3.8) is 0 Å². The van der Waals surface area contributed by atoms with Crippen molar-refractivity contribution >= 4 is 23.2 Å². The van der Waals surface area contributed by atoms with Crippen LogP contribution in [0, 0.1) is 17.8 Å². The highest BCUT2D eigenvalue weighted by Crippen LogP contribution is 2.57. The SMILES string of the molecule is C[C@H]1C2C[C@@H](Oc3nc(N)c4c(n3)N(Cc3cccc(CN5CCCC5)c3)CC(=O)N4)C[C@H]21. The lowest BCUT2D eigenvalue weighted by Gasteiger charge is -2.30. The van der Waals surface area contributed by atoms with Crippen LogP contribution in [0.4, 0.5) is 17.3 Å². The zero-order valence-electron chi connectivity index (χ0n) is 19.2. The number of likely N-dealkylation sites (tertiary alicyclic amines) is 1. The van der Waals surface area contributed by atoms with E-state index in [-0.39, 0.29) is 24.4 Å². The molecule has 1 amide bonds. The molecule has 8 heteroatoms. The number of benzene rings is 1. The van der Waals surface area contributed by atoms with Crippen molar-refractivity contribution in [1.29, 1.82) is 0 Å². The molecule has 0 bridgehead atoms. The van der Waals surface area contributed by atoms with Gasteiger partial charge >= 0.3 is 6.01 Å². The monoisotopic (exact) mass is 448 g/mol. The summed E-state index contributed by atoms with van der Waals surface area (Å²) < 4.78 is 6.14. The third kappa shape index (κ3) is 4.12. The number of nitrogen functional groups attached to an aromatic ring is 1. The summed E-state index contributed by atoms with van der Waals surface area (Å²) in [6.07, 6.45) is 4.85. The Bertz CT molecular complexity index is 1060. The van der Waals surface area contributed by atoms with Crippen molar-refractivity contribution in [3.05, 3.63) is 35.4 Å². The average molecular weight is 449 g/mol. The Labute approximate surface area is 194 Å². The summed E-state index contributed by atoms with van der Waals surface area (Å²) in [7, 11) is 0. The average Bonchev–Trinajstić information content (AvgIpc) is 3.19. The van der Waals surface area contributed by atoms with Crippen LogP contribution in [0.3, 0.4) is 0 Å². The van der Waals surface area contributed by atoms with Crippen LogP contribution in [0.2, 0.25) is 0 Å². The van der Waals surface area contributed by atoms with E-state index in [0.717, 1.165) is 42.7 Å². The number of hydrogen-bond acceptors (Lipinski definition) is 7. The van der Waals surface area contributed by atoms with E-state index >= 15 is 0 Å². The van der Waals surface area contributed by atoms with E-state index in [9.17, 15) is 4.79 Å². The molecule has 3 N–H and O–H groups in total. The van der Waals surface area contributed by atoms with Gasteiger partial charge in [-0.05, 0) is 67.7 Å². The summed E-state index contributed by atoms with van der Waals surface area (Å²) in [6.45, 7) is 6.44. The van der Waals surface area contributed by atoms with Gasteiger partial charge in [-0.25, -0.2) is 0 Å². The van der Waals surface area contributed by atoms with E-state index in [4.69, 9.17) is 15.5 Å². The molecule has 1 aromatic heterocycles. The van der Waals surface area contributed by atoms with Crippen LogP contribution in [0.5, 0.6) is 6.01 Å². The van der Waals surface area contributed by atoms with Crippen LogP contribution >= 0.6 is 0 Å². The van der Waals surface area contributed by atoms with Gasteiger partial charge < -0.3 is 20.7 Å². The molecule has 1 aromatic carbocycles. The minimum Gasteiger partial charge on any atom is -0.460 e. The van der Waals surface area contributed by atoms with Crippen LogP contribution in [-0.4, -0.2) is 46.5 Å². The second-order valence-corrected chi connectivity index (χ2v) is 10.2. The molecule has 6 rings (SSSR count). The third-order valence-electron chi connectivity index (χ3n) is 7.87. The predicted molar refractivity (Wildman–Crippen MR) is 127 cm³/mol. The quantitative estimate of drug-likeness (QED) is 0.701. The molecule has 174 valence electrons. The highest BCUT2D eigenvalue weighted by molar-refractivity contribution is 6.03. The first-order valence-electron chi connectivity index (χ1n) is 12.2. The molecule has 1 saturated heterocycles. The summed E-state index contributed by atoms with van der Waals surface area (Å²) in [6, 6.07) is 8.93. The van der Waals surface area contributed by atoms with Gasteiger partial charge in [0, 0.05) is 13.1 Å². The molecular formula is C25H32N6O2. The van der Waals surface area contributed by atoms with Crippen LogP contribution in [-0.2, 0) is 17.9 Å². The van der Waals surface area contributed by atoms with Crippen LogP contribution in [0.15, 0.2) is 24.3 Å². The minimum absolute atomic E-state index is 0.107. The maximum absolute atomic E-state index is 12.4. The molecular weight excluding hydrogens is 416 g/mol. The molecule has 3 heterocycles. The van der Waals surface area contributed by atoms with Crippen LogP contribution in [0.25, 0.3) is 0 Å². The van der Waals surface area contributed by atoms with Gasteiger partial charge in [0.1, 0.15) is 11.8 Å². The number of carbonyl (C=O) groups is 1. The highest BCUT2D eigenvalue weighted by atomic mass is 16.5. The number of anilines is 3. The van der Waals surface area contributed by atoms with E-state index < -0.39 is 0 Å². The molecule has 4 atom stereocenters. The molecule has 3 fully saturated rings. The molecule has 2 aliphatic carbocycles. The molecule has 2 aromatic rings. The van der Waals surface area contributed by atoms with Gasteiger partial charge in [-0.1, -0.05) is 31.2 Å². The lowest BCUT2D eigenvalue weighted by molar-refractivity contribution is -0.115. The number of fused-ring (bicyclic) bond motifs is 2. The van der Waals surface area contributed by atoms with Crippen molar-refractivity contribution in [2.24, 2.45) is 17.8 Å². The topological polar surface area (TPSA) is 96.6 Å². The maximum atomic E-state index is 12.4. The first-order valence-corrected chi connectivity index (χ1v) is 12.2. The lowest BCUT2D eigenvalue weighted by atomic mass is 10.1. The fourth-order valence-electron chi connectivity index (χ4n) is 6.01. The number of nitrogens with two attached hydrogens (primary N) is 1. The van der Waals surface area contributed by atoms with Crippen molar-refractivity contribution in [2.75, 3.05) is 35.6 Å². The second-order valence-electron chi connectivity index (χ2n) is 10.2. The van der Waals surface area contributed by atoms with E-state index in [2.05, 4.69) is 46.4 Å². The van der Waals surface area contributed by atoms with Crippen molar-refractivity contribution < 1.29 is 9.53 Å². The first-order chi connectivity index (χ1) is 16.0. The standard InChI is InChI=1S/C25H32N6O2/c1-15-19-10-18(11-20(15)19)33-25-28-23(26)22-24(29-25)31(14-21(32)27-22)13-17-6-4-5-16(9-17)12-30-7-2-3-8-30/h4-6,9,15,18-20H,2-3,7-8,10-14H2,1H3,(H,27,32)(H2,26,28,29)/t15-,18+,19+,20?/m1/s1. The molecule has 1 unspecified atom stereocenters. The Hall–Kier alpha value is -2.87. The Kier molecular flexibility index (Phi) is 5.13. The number of ether oxygens (including phenoxy) is 1. The van der Waals surface area contributed by atoms with Gasteiger partial charge in [0.05, 0.1) is 6.54 Å². The Morgan fingerprint density at radius 1 is 1.12 bits per heavy atom. The molecule has 2 saturated carbocycles. The summed E-state index contributed by atoms with van der Waals surface area (Å²) >= 11 is 0. The largest absolute Gasteiger partial charge is 0.460 e. The van der Waals surface area contributed by atoms with Gasteiger partial charge in [0.15, 0.2) is 11.6 Å². The van der Waals surface area contributed by atoms with E-state index in [1.165, 1.54) is 31.5 Å². The molecule has 0 radical (unpaired) electrons. The van der Waals surface area contributed by atoms with Gasteiger partial charge in [0.2, 0.25) is 5.91 Å². The number of carbonyl (C=O) groups excluding carboxylic acids is 1. The van der Waals surface area contributed by atoms with Crippen LogP contribution in [0.1, 0.15) is 43.7 Å². The van der Waals surface area contributed by atoms with Gasteiger partial charge in [0.25, 0.3) is 0 Å². The predicted octanol–water partition coefficient (Wildman–Crippen LogP) is 3.04. The summed E-state index contributed by atoms with van der Waals surface area (Å²) in [5.74, 6) is 3.18. The molecule has 8 nitrogen and oxygen atoms in total. The highest BCUT2D eigenvalue weighted by Gasteiger charge is 2.54. The van der Waals surface area contributed by atoms with Gasteiger partial charge in [-0.3, -0.25) is 9.69 Å². The zero-order valence-corrected chi connectivity index (χ0v) is 19.2. The van der Waals surface area contributed by atoms with Gasteiger partial charge in [-0.2, -0.15) is 9.97 Å². The summed E-state index contributed by atoms with van der Waals surface area (Å²) in [4.78, 5) is 25.9. The summed E-state index contributed by atoms with van der Waals surface area (Å²) in [5, 5.41) is 2.85. The molecule has 4 aliphatic rings. The van der Waals surface area contributed by atoms with E-state index in [1.807, 2.05) is 4.90 Å². The molecule has 33 heavy (non-hydrogen) atoms. The number of amides is 1. The maximum Gasteiger partial charge on any atom is 0.320 e. The van der Waals surface area contributed by atoms with E-state index in [1.54, 1.807) is 0 Å². The minimum atomic E-state index is -0.107. The number of nitrogens with zero attached hydrogens (tertiary/aromatic N) is 4. The fraction of sp³-hybridized carbons (Fsp3) is 0.560. The Morgan fingerprint density at radius 2 is 1.85 bits per heavy atom. The number of rotatable bonds is 6. The van der Waals surface area contributed by atoms with Crippen molar-refractivity contribution in [3.8, 4) is 6.01 Å². The van der Waals surface area contributed by atoms with E-state index in [0.29, 0.717) is 24.1 Å². The zero-order chi connectivity index (χ0) is 22.5. The lowest BCUT2D eigenvalue weighted by Crippen LogP contribution is -2.39. The number of hydrogen-bond donors (Lipinski definition) is 2. The van der Waals surface area contributed by atoms with Crippen molar-refractivity contribution in [2.45, 2.75) is 51.8 Å². The normalized spacial score (nSPS) is 28.4. The third-order valence-corrected chi connectivity index (χ3v) is 7.87. The first kappa shape index (κ1) is 20.7. The fourth-order valence-corrected chi connectivity index (χ4v) is 6.01. The second kappa shape index (κ2) is 8.17. The Balaban J connectivity index is 1.21. The number of aromatic nitrogens is 2. The Morgan fingerprint density at radius 3 is 2.61 bits per heavy atom.